The highest BCUT2D eigenvalue weighted by atomic mass is 16.1. The Morgan fingerprint density at radius 3 is 2.35 bits per heavy atom. The van der Waals surface area contributed by atoms with Crippen LogP contribution in [-0.4, -0.2) is 23.6 Å². The molecule has 4 nitrogen and oxygen atoms in total. The van der Waals surface area contributed by atoms with Gasteiger partial charge in [-0.1, -0.05) is 0 Å². The summed E-state index contributed by atoms with van der Waals surface area (Å²) >= 11 is 0. The Balaban J connectivity index is 1.62. The number of hydrogen-bond acceptors (Lipinski definition) is 2. The van der Waals surface area contributed by atoms with Gasteiger partial charge in [-0.25, -0.2) is 0 Å². The third-order valence-corrected chi connectivity index (χ3v) is 4.85. The highest BCUT2D eigenvalue weighted by Gasteiger charge is 2.13. The summed E-state index contributed by atoms with van der Waals surface area (Å²) in [5.41, 5.74) is 5.54. The van der Waals surface area contributed by atoms with Crippen molar-refractivity contribution in [2.45, 2.75) is 33.1 Å². The van der Waals surface area contributed by atoms with Crippen molar-refractivity contribution in [2.24, 2.45) is 7.05 Å². The number of nitrogens with one attached hydrogen (secondary N) is 1. The van der Waals surface area contributed by atoms with Crippen molar-refractivity contribution in [3.8, 4) is 0 Å². The van der Waals surface area contributed by atoms with Gasteiger partial charge in [0, 0.05) is 42.9 Å². The Morgan fingerprint density at radius 2 is 1.78 bits per heavy atom. The van der Waals surface area contributed by atoms with Gasteiger partial charge in [-0.2, -0.15) is 0 Å². The number of anilines is 2. The van der Waals surface area contributed by atoms with Crippen LogP contribution in [0, 0.1) is 13.8 Å². The number of benzene rings is 1. The SMILES string of the molecule is Cc1cc(CC(=O)Nc2ccc(N3CCCC3)cc2)c(C)n1C. The zero-order valence-electron chi connectivity index (χ0n) is 14.2. The Kier molecular flexibility index (Phi) is 4.42. The van der Waals surface area contributed by atoms with Crippen LogP contribution in [0.15, 0.2) is 30.3 Å². The lowest BCUT2D eigenvalue weighted by Gasteiger charge is -2.17. The zero-order valence-corrected chi connectivity index (χ0v) is 14.2. The van der Waals surface area contributed by atoms with Crippen LogP contribution >= 0.6 is 0 Å². The minimum absolute atomic E-state index is 0.0348. The predicted molar refractivity (Wildman–Crippen MR) is 95.1 cm³/mol. The normalized spacial score (nSPS) is 14.3. The summed E-state index contributed by atoms with van der Waals surface area (Å²) in [7, 11) is 2.03. The van der Waals surface area contributed by atoms with Crippen LogP contribution in [0.3, 0.4) is 0 Å². The van der Waals surface area contributed by atoms with Crippen molar-refractivity contribution in [3.63, 3.8) is 0 Å². The summed E-state index contributed by atoms with van der Waals surface area (Å²) in [4.78, 5) is 14.7. The maximum Gasteiger partial charge on any atom is 0.228 e. The van der Waals surface area contributed by atoms with Crippen molar-refractivity contribution < 1.29 is 4.79 Å². The lowest BCUT2D eigenvalue weighted by atomic mass is 10.1. The molecule has 1 saturated heterocycles. The Hall–Kier alpha value is -2.23. The molecular formula is C19H25N3O. The van der Waals surface area contributed by atoms with Gasteiger partial charge in [0.25, 0.3) is 0 Å². The first kappa shape index (κ1) is 15.7. The first-order valence-corrected chi connectivity index (χ1v) is 8.31. The number of aromatic nitrogens is 1. The molecule has 2 aromatic rings. The van der Waals surface area contributed by atoms with Gasteiger partial charge in [0.1, 0.15) is 0 Å². The molecule has 0 unspecified atom stereocenters. The van der Waals surface area contributed by atoms with E-state index in [-0.39, 0.29) is 5.91 Å². The van der Waals surface area contributed by atoms with E-state index in [2.05, 4.69) is 46.8 Å². The number of hydrogen-bond donors (Lipinski definition) is 1. The molecule has 0 saturated carbocycles. The third kappa shape index (κ3) is 3.41. The zero-order chi connectivity index (χ0) is 16.4. The fourth-order valence-electron chi connectivity index (χ4n) is 3.22. The fraction of sp³-hybridized carbons (Fsp3) is 0.421. The number of amides is 1. The number of aryl methyl sites for hydroxylation is 1. The second kappa shape index (κ2) is 6.49. The first-order chi connectivity index (χ1) is 11.0. The summed E-state index contributed by atoms with van der Waals surface area (Å²) in [5.74, 6) is 0.0348. The highest BCUT2D eigenvalue weighted by molar-refractivity contribution is 5.92. The van der Waals surface area contributed by atoms with Crippen molar-refractivity contribution in [1.29, 1.82) is 0 Å². The molecule has 1 aromatic carbocycles. The van der Waals surface area contributed by atoms with E-state index in [9.17, 15) is 4.79 Å². The molecule has 23 heavy (non-hydrogen) atoms. The minimum atomic E-state index is 0.0348. The van der Waals surface area contributed by atoms with Gasteiger partial charge < -0.3 is 14.8 Å². The molecular weight excluding hydrogens is 286 g/mol. The molecule has 122 valence electrons. The van der Waals surface area contributed by atoms with Gasteiger partial charge in [0.05, 0.1) is 6.42 Å². The number of rotatable bonds is 4. The van der Waals surface area contributed by atoms with Crippen molar-refractivity contribution in [2.75, 3.05) is 23.3 Å². The summed E-state index contributed by atoms with van der Waals surface area (Å²) in [6, 6.07) is 10.3. The van der Waals surface area contributed by atoms with E-state index in [4.69, 9.17) is 0 Å². The summed E-state index contributed by atoms with van der Waals surface area (Å²) in [6.45, 7) is 6.39. The van der Waals surface area contributed by atoms with Gasteiger partial charge in [-0.3, -0.25) is 4.79 Å². The molecule has 0 bridgehead atoms. The highest BCUT2D eigenvalue weighted by Crippen LogP contribution is 2.22. The molecule has 0 aliphatic carbocycles. The molecule has 4 heteroatoms. The standard InChI is InChI=1S/C19H25N3O/c1-14-12-16(15(2)21(14)3)13-19(23)20-17-6-8-18(9-7-17)22-10-4-5-11-22/h6-9,12H,4-5,10-11,13H2,1-3H3,(H,20,23). The van der Waals surface area contributed by atoms with E-state index in [0.717, 1.165) is 30.0 Å². The second-order valence-corrected chi connectivity index (χ2v) is 6.42. The van der Waals surface area contributed by atoms with Gasteiger partial charge in [0.15, 0.2) is 0 Å². The van der Waals surface area contributed by atoms with Crippen LogP contribution in [0.25, 0.3) is 0 Å². The molecule has 1 fully saturated rings. The van der Waals surface area contributed by atoms with Crippen LogP contribution in [0.4, 0.5) is 11.4 Å². The Labute approximate surface area is 138 Å². The topological polar surface area (TPSA) is 37.3 Å². The molecule has 1 aliphatic heterocycles. The second-order valence-electron chi connectivity index (χ2n) is 6.42. The minimum Gasteiger partial charge on any atom is -0.372 e. The average molecular weight is 311 g/mol. The maximum atomic E-state index is 12.3. The molecule has 3 rings (SSSR count). The molecule has 2 heterocycles. The largest absolute Gasteiger partial charge is 0.372 e. The van der Waals surface area contributed by atoms with Gasteiger partial charge >= 0.3 is 0 Å². The molecule has 0 spiro atoms. The van der Waals surface area contributed by atoms with Gasteiger partial charge in [-0.05, 0) is 62.6 Å². The van der Waals surface area contributed by atoms with Crippen LogP contribution in [-0.2, 0) is 18.3 Å². The number of nitrogens with zero attached hydrogens (tertiary/aromatic N) is 2. The van der Waals surface area contributed by atoms with E-state index in [1.807, 2.05) is 19.2 Å². The summed E-state index contributed by atoms with van der Waals surface area (Å²) in [5, 5.41) is 3.00. The first-order valence-electron chi connectivity index (χ1n) is 8.31. The van der Waals surface area contributed by atoms with Crippen LogP contribution in [0.2, 0.25) is 0 Å². The predicted octanol–water partition coefficient (Wildman–Crippen LogP) is 3.42. The summed E-state index contributed by atoms with van der Waals surface area (Å²) in [6.07, 6.45) is 2.96. The van der Waals surface area contributed by atoms with Crippen LogP contribution < -0.4 is 10.2 Å². The smallest absolute Gasteiger partial charge is 0.228 e. The maximum absolute atomic E-state index is 12.3. The van der Waals surface area contributed by atoms with E-state index >= 15 is 0 Å². The molecule has 1 aromatic heterocycles. The van der Waals surface area contributed by atoms with Crippen molar-refractivity contribution >= 4 is 17.3 Å². The third-order valence-electron chi connectivity index (χ3n) is 4.85. The van der Waals surface area contributed by atoms with E-state index < -0.39 is 0 Å². The van der Waals surface area contributed by atoms with Gasteiger partial charge in [-0.15, -0.1) is 0 Å². The molecule has 1 amide bonds. The molecule has 1 aliphatic rings. The van der Waals surface area contributed by atoms with E-state index in [0.29, 0.717) is 6.42 Å². The summed E-state index contributed by atoms with van der Waals surface area (Å²) < 4.78 is 2.12. The van der Waals surface area contributed by atoms with Crippen molar-refractivity contribution in [1.82, 2.24) is 4.57 Å². The Morgan fingerprint density at radius 1 is 1.13 bits per heavy atom. The molecule has 1 N–H and O–H groups in total. The number of carbonyl (C=O) groups excluding carboxylic acids is 1. The molecule has 0 atom stereocenters. The van der Waals surface area contributed by atoms with Gasteiger partial charge in [0.2, 0.25) is 5.91 Å². The van der Waals surface area contributed by atoms with E-state index in [1.54, 1.807) is 0 Å². The van der Waals surface area contributed by atoms with Crippen molar-refractivity contribution in [3.05, 3.63) is 47.3 Å². The lowest BCUT2D eigenvalue weighted by Crippen LogP contribution is -2.18. The molecule has 0 radical (unpaired) electrons. The fourth-order valence-corrected chi connectivity index (χ4v) is 3.22. The lowest BCUT2D eigenvalue weighted by molar-refractivity contribution is -0.115. The van der Waals surface area contributed by atoms with Crippen LogP contribution in [0.1, 0.15) is 29.8 Å². The monoisotopic (exact) mass is 311 g/mol. The van der Waals surface area contributed by atoms with Crippen LogP contribution in [0.5, 0.6) is 0 Å². The number of carbonyl (C=O) groups is 1. The van der Waals surface area contributed by atoms with E-state index in [1.165, 1.54) is 24.2 Å². The Bertz CT molecular complexity index is 694. The quantitative estimate of drug-likeness (QED) is 0.939. The average Bonchev–Trinajstić information content (AvgIpc) is 3.14.